The van der Waals surface area contributed by atoms with Crippen LogP contribution >= 0.6 is 0 Å². The third-order valence-electron chi connectivity index (χ3n) is 2.44. The number of aliphatic carboxylic acids is 1. The van der Waals surface area contributed by atoms with Crippen molar-refractivity contribution in [3.05, 3.63) is 33.9 Å². The van der Waals surface area contributed by atoms with Crippen LogP contribution in [0.1, 0.15) is 6.42 Å². The molecule has 0 bridgehead atoms. The minimum atomic E-state index is -0.958. The van der Waals surface area contributed by atoms with Gasteiger partial charge < -0.3 is 5.11 Å². The number of nitrogens with zero attached hydrogens (tertiary/aromatic N) is 2. The predicted octanol–water partition coefficient (Wildman–Crippen LogP) is 0.533. The molecule has 2 atom stereocenters. The van der Waals surface area contributed by atoms with Gasteiger partial charge in [0.25, 0.3) is 0 Å². The maximum atomic E-state index is 11.0. The van der Waals surface area contributed by atoms with Gasteiger partial charge in [0.05, 0.1) is 0 Å². The van der Waals surface area contributed by atoms with E-state index in [1.807, 2.05) is 0 Å². The van der Waals surface area contributed by atoms with E-state index in [1.54, 1.807) is 25.1 Å². The van der Waals surface area contributed by atoms with Crippen molar-refractivity contribution in [1.82, 2.24) is 4.90 Å². The minimum Gasteiger partial charge on any atom is -0.480 e. The van der Waals surface area contributed by atoms with Crippen LogP contribution in [-0.2, 0) is 4.79 Å². The molecular formula is C10H14N2O4. The summed E-state index contributed by atoms with van der Waals surface area (Å²) in [6.45, 7) is 0. The first-order valence-electron chi connectivity index (χ1n) is 4.84. The van der Waals surface area contributed by atoms with E-state index in [0.29, 0.717) is 5.57 Å². The zero-order valence-electron chi connectivity index (χ0n) is 9.16. The lowest BCUT2D eigenvalue weighted by Gasteiger charge is -2.23. The summed E-state index contributed by atoms with van der Waals surface area (Å²) in [6.07, 6.45) is 4.83. The molecule has 0 radical (unpaired) electrons. The molecule has 1 N–H and O–H groups in total. The molecule has 0 aliphatic heterocycles. The third kappa shape index (κ3) is 2.66. The summed E-state index contributed by atoms with van der Waals surface area (Å²) >= 11 is 0. The van der Waals surface area contributed by atoms with Crippen LogP contribution in [0.15, 0.2) is 23.8 Å². The van der Waals surface area contributed by atoms with Crippen LogP contribution in [0.4, 0.5) is 0 Å². The van der Waals surface area contributed by atoms with Gasteiger partial charge in [0.1, 0.15) is 6.04 Å². The summed E-state index contributed by atoms with van der Waals surface area (Å²) in [7, 11) is 3.32. The Bertz CT molecular complexity index is 360. The summed E-state index contributed by atoms with van der Waals surface area (Å²) in [5.74, 6) is -0.958. The first-order chi connectivity index (χ1) is 7.43. The van der Waals surface area contributed by atoms with Crippen molar-refractivity contribution in [3.63, 3.8) is 0 Å². The molecule has 0 aromatic carbocycles. The smallest absolute Gasteiger partial charge is 0.325 e. The number of nitro groups is 1. The molecule has 1 rings (SSSR count). The maximum absolute atomic E-state index is 11.0. The SMILES string of the molecule is CN(C)C(C(=O)O)C1=CCC([N+](=O)[O-])C=C1. The lowest BCUT2D eigenvalue weighted by Crippen LogP contribution is -2.37. The van der Waals surface area contributed by atoms with Gasteiger partial charge in [0, 0.05) is 11.3 Å². The van der Waals surface area contributed by atoms with Gasteiger partial charge in [-0.05, 0) is 25.7 Å². The highest BCUT2D eigenvalue weighted by Gasteiger charge is 2.27. The number of likely N-dealkylation sites (N-methyl/N-ethyl adjacent to an activating group) is 1. The molecule has 0 fully saturated rings. The van der Waals surface area contributed by atoms with Gasteiger partial charge in [-0.3, -0.25) is 19.8 Å². The minimum absolute atomic E-state index is 0.246. The average molecular weight is 226 g/mol. The molecule has 16 heavy (non-hydrogen) atoms. The Morgan fingerprint density at radius 2 is 2.31 bits per heavy atom. The second kappa shape index (κ2) is 4.89. The maximum Gasteiger partial charge on any atom is 0.325 e. The molecule has 1 aliphatic carbocycles. The van der Waals surface area contributed by atoms with Gasteiger partial charge in [-0.25, -0.2) is 0 Å². The van der Waals surface area contributed by atoms with E-state index in [-0.39, 0.29) is 11.3 Å². The number of carbonyl (C=O) groups is 1. The molecular weight excluding hydrogens is 212 g/mol. The van der Waals surface area contributed by atoms with Crippen molar-refractivity contribution >= 4 is 5.97 Å². The monoisotopic (exact) mass is 226 g/mol. The quantitative estimate of drug-likeness (QED) is 0.558. The average Bonchev–Trinajstić information content (AvgIpc) is 2.17. The molecule has 0 heterocycles. The lowest BCUT2D eigenvalue weighted by atomic mass is 9.97. The van der Waals surface area contributed by atoms with Crippen LogP contribution in [0.2, 0.25) is 0 Å². The molecule has 2 unspecified atom stereocenters. The van der Waals surface area contributed by atoms with Gasteiger partial charge in [-0.2, -0.15) is 0 Å². The zero-order valence-corrected chi connectivity index (χ0v) is 9.16. The van der Waals surface area contributed by atoms with Gasteiger partial charge in [0.2, 0.25) is 6.04 Å². The second-order valence-corrected chi connectivity index (χ2v) is 3.86. The summed E-state index contributed by atoms with van der Waals surface area (Å²) in [5.41, 5.74) is 0.593. The summed E-state index contributed by atoms with van der Waals surface area (Å²) in [6, 6.07) is -1.48. The molecule has 0 aromatic rings. The second-order valence-electron chi connectivity index (χ2n) is 3.86. The normalized spacial score (nSPS) is 21.7. The molecule has 6 nitrogen and oxygen atoms in total. The number of carboxylic acids is 1. The Kier molecular flexibility index (Phi) is 3.78. The first-order valence-corrected chi connectivity index (χ1v) is 4.84. The third-order valence-corrected chi connectivity index (χ3v) is 2.44. The number of hydrogen-bond acceptors (Lipinski definition) is 4. The van der Waals surface area contributed by atoms with Crippen molar-refractivity contribution in [2.24, 2.45) is 0 Å². The van der Waals surface area contributed by atoms with Crippen molar-refractivity contribution in [3.8, 4) is 0 Å². The summed E-state index contributed by atoms with van der Waals surface area (Å²) in [4.78, 5) is 22.7. The molecule has 0 saturated heterocycles. The van der Waals surface area contributed by atoms with E-state index in [2.05, 4.69) is 0 Å². The van der Waals surface area contributed by atoms with Crippen LogP contribution in [0, 0.1) is 10.1 Å². The fourth-order valence-corrected chi connectivity index (χ4v) is 1.65. The van der Waals surface area contributed by atoms with Crippen LogP contribution in [0.3, 0.4) is 0 Å². The van der Waals surface area contributed by atoms with Crippen LogP contribution in [0.5, 0.6) is 0 Å². The summed E-state index contributed by atoms with van der Waals surface area (Å²) < 4.78 is 0. The lowest BCUT2D eigenvalue weighted by molar-refractivity contribution is -0.508. The molecule has 88 valence electrons. The fourth-order valence-electron chi connectivity index (χ4n) is 1.65. The molecule has 0 aromatic heterocycles. The number of carboxylic acid groups (broad SMARTS) is 1. The molecule has 0 amide bonds. The van der Waals surface area contributed by atoms with Gasteiger partial charge in [-0.15, -0.1) is 0 Å². The Hall–Kier alpha value is -1.69. The van der Waals surface area contributed by atoms with Gasteiger partial charge in [0.15, 0.2) is 0 Å². The first kappa shape index (κ1) is 12.4. The Morgan fingerprint density at radius 3 is 2.62 bits per heavy atom. The summed E-state index contributed by atoms with van der Waals surface area (Å²) in [5, 5.41) is 19.5. The van der Waals surface area contributed by atoms with E-state index < -0.39 is 18.1 Å². The van der Waals surface area contributed by atoms with E-state index in [9.17, 15) is 14.9 Å². The Morgan fingerprint density at radius 1 is 1.69 bits per heavy atom. The molecule has 1 aliphatic rings. The van der Waals surface area contributed by atoms with Gasteiger partial charge in [-0.1, -0.05) is 12.2 Å². The van der Waals surface area contributed by atoms with Crippen LogP contribution in [0.25, 0.3) is 0 Å². The number of hydrogen-bond donors (Lipinski definition) is 1. The van der Waals surface area contributed by atoms with Gasteiger partial charge >= 0.3 is 5.97 Å². The van der Waals surface area contributed by atoms with Crippen LogP contribution in [-0.4, -0.2) is 47.1 Å². The highest BCUT2D eigenvalue weighted by atomic mass is 16.6. The standard InChI is InChI=1S/C10H14N2O4/c1-11(2)9(10(13)14)7-3-5-8(6-4-7)12(15)16/h3-5,8-9H,6H2,1-2H3,(H,13,14). The highest BCUT2D eigenvalue weighted by Crippen LogP contribution is 2.18. The largest absolute Gasteiger partial charge is 0.480 e. The zero-order chi connectivity index (χ0) is 12.3. The fraction of sp³-hybridized carbons (Fsp3) is 0.500. The highest BCUT2D eigenvalue weighted by molar-refractivity contribution is 5.78. The van der Waals surface area contributed by atoms with Crippen LogP contribution < -0.4 is 0 Å². The van der Waals surface area contributed by atoms with Crippen molar-refractivity contribution in [2.45, 2.75) is 18.5 Å². The van der Waals surface area contributed by atoms with E-state index in [0.717, 1.165) is 0 Å². The van der Waals surface area contributed by atoms with E-state index in [4.69, 9.17) is 5.11 Å². The van der Waals surface area contributed by atoms with Crippen molar-refractivity contribution < 1.29 is 14.8 Å². The Labute approximate surface area is 93.0 Å². The van der Waals surface area contributed by atoms with Crippen molar-refractivity contribution in [2.75, 3.05) is 14.1 Å². The Balaban J connectivity index is 2.81. The molecule has 0 spiro atoms. The number of rotatable bonds is 4. The topological polar surface area (TPSA) is 83.7 Å². The van der Waals surface area contributed by atoms with E-state index in [1.165, 1.54) is 12.2 Å². The van der Waals surface area contributed by atoms with E-state index >= 15 is 0 Å². The predicted molar refractivity (Wildman–Crippen MR) is 57.7 cm³/mol. The van der Waals surface area contributed by atoms with Crippen molar-refractivity contribution in [1.29, 1.82) is 0 Å². The molecule has 0 saturated carbocycles. The molecule has 6 heteroatoms.